The monoisotopic (exact) mass is 259 g/mol. The van der Waals surface area contributed by atoms with E-state index in [2.05, 4.69) is 31.3 Å². The average molecular weight is 259 g/mol. The maximum Gasteiger partial charge on any atom is 0.120 e. The molecule has 1 atom stereocenters. The molecule has 3 heteroatoms. The summed E-state index contributed by atoms with van der Waals surface area (Å²) in [5, 5.41) is 3.37. The minimum Gasteiger partial charge on any atom is -0.492 e. The predicted molar refractivity (Wildman–Crippen MR) is 76.4 cm³/mol. The Bertz CT molecular complexity index is 479. The molecule has 1 unspecified atom stereocenters. The van der Waals surface area contributed by atoms with Crippen LogP contribution in [0, 0.1) is 0 Å². The van der Waals surface area contributed by atoms with E-state index in [4.69, 9.17) is 9.15 Å². The van der Waals surface area contributed by atoms with Crippen molar-refractivity contribution in [1.29, 1.82) is 0 Å². The summed E-state index contributed by atoms with van der Waals surface area (Å²) in [5.41, 5.74) is 1.30. The second-order valence-corrected chi connectivity index (χ2v) is 4.54. The molecule has 2 rings (SSSR count). The van der Waals surface area contributed by atoms with Gasteiger partial charge in [-0.2, -0.15) is 0 Å². The van der Waals surface area contributed by atoms with Gasteiger partial charge in [-0.05, 0) is 43.2 Å². The zero-order valence-corrected chi connectivity index (χ0v) is 11.6. The fourth-order valence-corrected chi connectivity index (χ4v) is 1.94. The van der Waals surface area contributed by atoms with Gasteiger partial charge in [-0.25, -0.2) is 0 Å². The standard InChI is InChI=1S/C16H21NO2/c1-3-14-6-4-7-15(12-14)18-11-9-17-13(2)16-8-5-10-19-16/h4-8,10,12-13,17H,3,9,11H2,1-2H3. The van der Waals surface area contributed by atoms with Gasteiger partial charge in [-0.1, -0.05) is 19.1 Å². The number of furan rings is 1. The highest BCUT2D eigenvalue weighted by atomic mass is 16.5. The second kappa shape index (κ2) is 7.00. The van der Waals surface area contributed by atoms with E-state index in [1.807, 2.05) is 24.3 Å². The minimum atomic E-state index is 0.209. The van der Waals surface area contributed by atoms with Crippen molar-refractivity contribution < 1.29 is 9.15 Å². The SMILES string of the molecule is CCc1cccc(OCCNC(C)c2ccco2)c1. The van der Waals surface area contributed by atoms with Crippen molar-refractivity contribution in [2.24, 2.45) is 0 Å². The van der Waals surface area contributed by atoms with Gasteiger partial charge in [0.05, 0.1) is 12.3 Å². The van der Waals surface area contributed by atoms with Gasteiger partial charge < -0.3 is 14.5 Å². The molecule has 0 aliphatic rings. The highest BCUT2D eigenvalue weighted by molar-refractivity contribution is 5.28. The summed E-state index contributed by atoms with van der Waals surface area (Å²) in [7, 11) is 0. The van der Waals surface area contributed by atoms with Gasteiger partial charge >= 0.3 is 0 Å². The number of ether oxygens (including phenoxy) is 1. The molecule has 102 valence electrons. The summed E-state index contributed by atoms with van der Waals surface area (Å²) < 4.78 is 11.1. The molecule has 0 aliphatic carbocycles. The molecule has 0 amide bonds. The highest BCUT2D eigenvalue weighted by Gasteiger charge is 2.06. The molecule has 0 aliphatic heterocycles. The Morgan fingerprint density at radius 2 is 2.16 bits per heavy atom. The van der Waals surface area contributed by atoms with Crippen LogP contribution in [-0.2, 0) is 6.42 Å². The molecule has 3 nitrogen and oxygen atoms in total. The number of hydrogen-bond acceptors (Lipinski definition) is 3. The van der Waals surface area contributed by atoms with Crippen molar-refractivity contribution in [3.8, 4) is 5.75 Å². The second-order valence-electron chi connectivity index (χ2n) is 4.54. The molecule has 2 aromatic rings. The normalized spacial score (nSPS) is 12.3. The molecule has 0 bridgehead atoms. The summed E-state index contributed by atoms with van der Waals surface area (Å²) in [4.78, 5) is 0. The van der Waals surface area contributed by atoms with Crippen molar-refractivity contribution in [2.75, 3.05) is 13.2 Å². The highest BCUT2D eigenvalue weighted by Crippen LogP contribution is 2.14. The van der Waals surface area contributed by atoms with E-state index in [-0.39, 0.29) is 6.04 Å². The van der Waals surface area contributed by atoms with Gasteiger partial charge in [-0.3, -0.25) is 0 Å². The third-order valence-corrected chi connectivity index (χ3v) is 3.10. The number of nitrogens with one attached hydrogen (secondary N) is 1. The van der Waals surface area contributed by atoms with Crippen molar-refractivity contribution in [1.82, 2.24) is 5.32 Å². The molecule has 1 heterocycles. The quantitative estimate of drug-likeness (QED) is 0.772. The topological polar surface area (TPSA) is 34.4 Å². The number of rotatable bonds is 7. The number of aryl methyl sites for hydroxylation is 1. The van der Waals surface area contributed by atoms with Gasteiger partial charge in [0.25, 0.3) is 0 Å². The molecular formula is C16H21NO2. The molecule has 1 aromatic heterocycles. The molecule has 0 fully saturated rings. The van der Waals surface area contributed by atoms with Gasteiger partial charge in [0.2, 0.25) is 0 Å². The fourth-order valence-electron chi connectivity index (χ4n) is 1.94. The van der Waals surface area contributed by atoms with Gasteiger partial charge in [-0.15, -0.1) is 0 Å². The first-order valence-corrected chi connectivity index (χ1v) is 6.78. The van der Waals surface area contributed by atoms with Gasteiger partial charge in [0.15, 0.2) is 0 Å². The van der Waals surface area contributed by atoms with E-state index < -0.39 is 0 Å². The number of benzene rings is 1. The Labute approximate surface area is 114 Å². The minimum absolute atomic E-state index is 0.209. The van der Waals surface area contributed by atoms with Crippen LogP contribution in [0.1, 0.15) is 31.2 Å². The van der Waals surface area contributed by atoms with Crippen LogP contribution in [-0.4, -0.2) is 13.2 Å². The summed E-state index contributed by atoms with van der Waals surface area (Å²) >= 11 is 0. The lowest BCUT2D eigenvalue weighted by atomic mass is 10.2. The zero-order chi connectivity index (χ0) is 13.5. The Hall–Kier alpha value is -1.74. The van der Waals surface area contributed by atoms with Crippen LogP contribution in [0.4, 0.5) is 0 Å². The van der Waals surface area contributed by atoms with E-state index in [1.54, 1.807) is 6.26 Å². The summed E-state index contributed by atoms with van der Waals surface area (Å²) in [6.45, 7) is 5.67. The zero-order valence-electron chi connectivity index (χ0n) is 11.6. The lowest BCUT2D eigenvalue weighted by molar-refractivity contribution is 0.301. The Morgan fingerprint density at radius 3 is 2.89 bits per heavy atom. The van der Waals surface area contributed by atoms with Gasteiger partial charge in [0.1, 0.15) is 18.1 Å². The van der Waals surface area contributed by atoms with Crippen LogP contribution in [0.2, 0.25) is 0 Å². The molecule has 0 saturated heterocycles. The first-order chi connectivity index (χ1) is 9.29. The first-order valence-electron chi connectivity index (χ1n) is 6.78. The molecule has 1 aromatic carbocycles. The third kappa shape index (κ3) is 4.14. The predicted octanol–water partition coefficient (Wildman–Crippen LogP) is 3.57. The van der Waals surface area contributed by atoms with Crippen LogP contribution in [0.15, 0.2) is 47.1 Å². The van der Waals surface area contributed by atoms with E-state index in [0.29, 0.717) is 6.61 Å². The van der Waals surface area contributed by atoms with E-state index >= 15 is 0 Å². The number of hydrogen-bond donors (Lipinski definition) is 1. The summed E-state index contributed by atoms with van der Waals surface area (Å²) in [6, 6.07) is 12.3. The van der Waals surface area contributed by atoms with Crippen LogP contribution in [0.3, 0.4) is 0 Å². The van der Waals surface area contributed by atoms with E-state index in [0.717, 1.165) is 24.5 Å². The fraction of sp³-hybridized carbons (Fsp3) is 0.375. The summed E-state index contributed by atoms with van der Waals surface area (Å²) in [5.74, 6) is 1.89. The van der Waals surface area contributed by atoms with Crippen molar-refractivity contribution in [3.05, 3.63) is 54.0 Å². The largest absolute Gasteiger partial charge is 0.492 e. The molecule has 0 radical (unpaired) electrons. The maximum absolute atomic E-state index is 5.72. The third-order valence-electron chi connectivity index (χ3n) is 3.10. The molecule has 19 heavy (non-hydrogen) atoms. The van der Waals surface area contributed by atoms with E-state index in [9.17, 15) is 0 Å². The lowest BCUT2D eigenvalue weighted by Gasteiger charge is -2.12. The smallest absolute Gasteiger partial charge is 0.120 e. The van der Waals surface area contributed by atoms with Crippen molar-refractivity contribution in [3.63, 3.8) is 0 Å². The van der Waals surface area contributed by atoms with Crippen molar-refractivity contribution in [2.45, 2.75) is 26.3 Å². The van der Waals surface area contributed by atoms with Crippen LogP contribution >= 0.6 is 0 Å². The van der Waals surface area contributed by atoms with Crippen LogP contribution < -0.4 is 10.1 Å². The maximum atomic E-state index is 5.72. The first kappa shape index (κ1) is 13.7. The van der Waals surface area contributed by atoms with Crippen LogP contribution in [0.5, 0.6) is 5.75 Å². The Balaban J connectivity index is 1.71. The van der Waals surface area contributed by atoms with Gasteiger partial charge in [0, 0.05) is 6.54 Å². The van der Waals surface area contributed by atoms with Crippen molar-refractivity contribution >= 4 is 0 Å². The molecular weight excluding hydrogens is 238 g/mol. The molecule has 0 saturated carbocycles. The van der Waals surface area contributed by atoms with E-state index in [1.165, 1.54) is 5.56 Å². The summed E-state index contributed by atoms with van der Waals surface area (Å²) in [6.07, 6.45) is 2.73. The van der Waals surface area contributed by atoms with Crippen LogP contribution in [0.25, 0.3) is 0 Å². The lowest BCUT2D eigenvalue weighted by Crippen LogP contribution is -2.24. The molecule has 1 N–H and O–H groups in total. The average Bonchev–Trinajstić information content (AvgIpc) is 2.98. The molecule has 0 spiro atoms. The Kier molecular flexibility index (Phi) is 5.04. The Morgan fingerprint density at radius 1 is 1.26 bits per heavy atom.